The fraction of sp³-hybridized carbons (Fsp3) is 1.00. The molecule has 0 bridgehead atoms. The molecule has 0 radical (unpaired) electrons. The van der Waals surface area contributed by atoms with E-state index in [2.05, 4.69) is 6.26 Å². The smallest absolute Gasteiger partial charge is 0.126 e. The average Bonchev–Trinajstić information content (AvgIpc) is 2.12. The average molecular weight is 90.1 g/mol. The van der Waals surface area contributed by atoms with Crippen LogP contribution in [-0.2, 0) is 4.74 Å². The van der Waals surface area contributed by atoms with Gasteiger partial charge in [-0.25, -0.2) is 0 Å². The first kappa shape index (κ1) is 3.50. The zero-order valence-electron chi connectivity index (χ0n) is 3.10. The lowest BCUT2D eigenvalue weighted by molar-refractivity contribution is 0.460. The molecule has 1 heterocycles. The van der Waals surface area contributed by atoms with Gasteiger partial charge in [-0.3, -0.25) is 0 Å². The van der Waals surface area contributed by atoms with Gasteiger partial charge in [-0.05, 0) is 6.26 Å². The van der Waals surface area contributed by atoms with Crippen LogP contribution in [0.2, 0.25) is 0 Å². The third-order valence-electron chi connectivity index (χ3n) is 0.566. The van der Waals surface area contributed by atoms with Crippen molar-refractivity contribution in [1.29, 1.82) is 0 Å². The van der Waals surface area contributed by atoms with Crippen molar-refractivity contribution in [3.63, 3.8) is 0 Å². The largest absolute Gasteiger partial charge is 0.362 e. The highest BCUT2D eigenvalue weighted by atomic mass is 32.2. The Morgan fingerprint density at radius 3 is 2.60 bits per heavy atom. The molecule has 1 nitrogen and oxygen atoms in total. The van der Waals surface area contributed by atoms with Gasteiger partial charge in [0.25, 0.3) is 0 Å². The Hall–Kier alpha value is 0.310. The van der Waals surface area contributed by atoms with Crippen LogP contribution in [0.4, 0.5) is 0 Å². The standard InChI is InChI=1S/C3H6OS/c1-5-3-2-4-3/h3H,2H2,1H3/t3-/m0/s1. The van der Waals surface area contributed by atoms with Gasteiger partial charge < -0.3 is 4.74 Å². The second kappa shape index (κ2) is 1.19. The summed E-state index contributed by atoms with van der Waals surface area (Å²) >= 11 is 1.77. The summed E-state index contributed by atoms with van der Waals surface area (Å²) in [5.41, 5.74) is 0.551. The lowest BCUT2D eigenvalue weighted by Gasteiger charge is -1.70. The molecule has 0 aromatic heterocycles. The summed E-state index contributed by atoms with van der Waals surface area (Å²) in [6.07, 6.45) is 2.05. The Morgan fingerprint density at radius 1 is 2.00 bits per heavy atom. The van der Waals surface area contributed by atoms with Gasteiger partial charge in [0, 0.05) is 0 Å². The summed E-state index contributed by atoms with van der Waals surface area (Å²) < 4.78 is 4.82. The van der Waals surface area contributed by atoms with Gasteiger partial charge in [0.15, 0.2) is 0 Å². The molecule has 0 aliphatic carbocycles. The number of epoxide rings is 1. The van der Waals surface area contributed by atoms with Gasteiger partial charge in [0.1, 0.15) is 5.44 Å². The minimum absolute atomic E-state index is 0.551. The fourth-order valence-electron chi connectivity index (χ4n) is 0.175. The predicted octanol–water partition coefficient (Wildman–Crippen LogP) is 0.706. The molecule has 0 spiro atoms. The highest BCUT2D eigenvalue weighted by molar-refractivity contribution is 7.99. The van der Waals surface area contributed by atoms with E-state index < -0.39 is 0 Å². The van der Waals surface area contributed by atoms with E-state index in [-0.39, 0.29) is 0 Å². The molecule has 0 amide bonds. The molecule has 1 atom stereocenters. The summed E-state index contributed by atoms with van der Waals surface area (Å²) in [6.45, 7) is 0.973. The molecule has 1 fully saturated rings. The molecule has 0 aromatic carbocycles. The van der Waals surface area contributed by atoms with Crippen LogP contribution in [0, 0.1) is 0 Å². The third-order valence-corrected chi connectivity index (χ3v) is 1.36. The van der Waals surface area contributed by atoms with E-state index in [1.54, 1.807) is 11.8 Å². The van der Waals surface area contributed by atoms with Crippen LogP contribution in [0.15, 0.2) is 0 Å². The van der Waals surface area contributed by atoms with Crippen molar-refractivity contribution < 1.29 is 4.74 Å². The molecule has 2 heteroatoms. The Morgan fingerprint density at radius 2 is 2.60 bits per heavy atom. The number of thioether (sulfide) groups is 1. The van der Waals surface area contributed by atoms with Crippen molar-refractivity contribution in [3.05, 3.63) is 0 Å². The first-order valence-corrected chi connectivity index (χ1v) is 2.86. The SMILES string of the molecule is CS[C@H]1CO1. The van der Waals surface area contributed by atoms with Crippen molar-refractivity contribution >= 4 is 11.8 Å². The third kappa shape index (κ3) is 0.816. The lowest BCUT2D eigenvalue weighted by Crippen LogP contribution is -1.64. The van der Waals surface area contributed by atoms with Gasteiger partial charge in [0.05, 0.1) is 6.61 Å². The molecule has 1 aliphatic rings. The summed E-state index contributed by atoms with van der Waals surface area (Å²) in [5, 5.41) is 0. The Kier molecular flexibility index (Phi) is 0.830. The normalized spacial score (nSPS) is 34.2. The molecule has 5 heavy (non-hydrogen) atoms. The highest BCUT2D eigenvalue weighted by Crippen LogP contribution is 2.19. The molecule has 30 valence electrons. The zero-order valence-corrected chi connectivity index (χ0v) is 3.92. The maximum absolute atomic E-state index is 4.82. The number of hydrogen-bond acceptors (Lipinski definition) is 2. The first-order valence-electron chi connectivity index (χ1n) is 1.58. The first-order chi connectivity index (χ1) is 2.43. The van der Waals surface area contributed by atoms with Gasteiger partial charge in [-0.2, -0.15) is 0 Å². The molecule has 0 unspecified atom stereocenters. The predicted molar refractivity (Wildman–Crippen MR) is 23.3 cm³/mol. The number of hydrogen-bond donors (Lipinski definition) is 0. The monoisotopic (exact) mass is 90.0 g/mol. The number of rotatable bonds is 1. The summed E-state index contributed by atoms with van der Waals surface area (Å²) in [5.74, 6) is 0. The minimum Gasteiger partial charge on any atom is -0.362 e. The summed E-state index contributed by atoms with van der Waals surface area (Å²) in [7, 11) is 0. The van der Waals surface area contributed by atoms with Crippen molar-refractivity contribution in [1.82, 2.24) is 0 Å². The van der Waals surface area contributed by atoms with Gasteiger partial charge in [-0.15, -0.1) is 11.8 Å². The number of ether oxygens (including phenoxy) is 1. The lowest BCUT2D eigenvalue weighted by atomic mass is 11.0. The van der Waals surface area contributed by atoms with Gasteiger partial charge in [-0.1, -0.05) is 0 Å². The fourth-order valence-corrected chi connectivity index (χ4v) is 0.526. The molecule has 1 rings (SSSR count). The summed E-state index contributed by atoms with van der Waals surface area (Å²) in [6, 6.07) is 0. The Balaban J connectivity index is 2.00. The molecule has 1 saturated heterocycles. The molecular formula is C3H6OS. The van der Waals surface area contributed by atoms with Crippen molar-refractivity contribution in [2.45, 2.75) is 5.44 Å². The zero-order chi connectivity index (χ0) is 3.70. The van der Waals surface area contributed by atoms with E-state index in [0.29, 0.717) is 5.44 Å². The highest BCUT2D eigenvalue weighted by Gasteiger charge is 2.19. The Bertz CT molecular complexity index is 33.9. The summed E-state index contributed by atoms with van der Waals surface area (Å²) in [4.78, 5) is 0. The van der Waals surface area contributed by atoms with Crippen LogP contribution < -0.4 is 0 Å². The van der Waals surface area contributed by atoms with Crippen LogP contribution in [0.3, 0.4) is 0 Å². The van der Waals surface area contributed by atoms with Crippen LogP contribution in [0.25, 0.3) is 0 Å². The van der Waals surface area contributed by atoms with E-state index >= 15 is 0 Å². The van der Waals surface area contributed by atoms with Gasteiger partial charge >= 0.3 is 0 Å². The maximum Gasteiger partial charge on any atom is 0.126 e. The van der Waals surface area contributed by atoms with Crippen LogP contribution >= 0.6 is 11.8 Å². The van der Waals surface area contributed by atoms with Crippen LogP contribution in [0.1, 0.15) is 0 Å². The second-order valence-electron chi connectivity index (χ2n) is 0.999. The molecule has 0 N–H and O–H groups in total. The molecule has 1 aliphatic heterocycles. The van der Waals surface area contributed by atoms with Crippen LogP contribution in [-0.4, -0.2) is 18.3 Å². The van der Waals surface area contributed by atoms with Gasteiger partial charge in [0.2, 0.25) is 0 Å². The molecular weight excluding hydrogens is 84.1 g/mol. The maximum atomic E-state index is 4.82. The van der Waals surface area contributed by atoms with Crippen molar-refractivity contribution in [2.75, 3.05) is 12.9 Å². The second-order valence-corrected chi connectivity index (χ2v) is 2.00. The van der Waals surface area contributed by atoms with E-state index in [0.717, 1.165) is 6.61 Å². The van der Waals surface area contributed by atoms with E-state index in [1.165, 1.54) is 0 Å². The Labute approximate surface area is 35.7 Å². The molecule has 0 saturated carbocycles. The quantitative estimate of drug-likeness (QED) is 0.439. The van der Waals surface area contributed by atoms with E-state index in [4.69, 9.17) is 4.74 Å². The van der Waals surface area contributed by atoms with Crippen molar-refractivity contribution in [2.24, 2.45) is 0 Å². The van der Waals surface area contributed by atoms with Crippen LogP contribution in [0.5, 0.6) is 0 Å². The molecule has 0 aromatic rings. The van der Waals surface area contributed by atoms with Crippen molar-refractivity contribution in [3.8, 4) is 0 Å². The van der Waals surface area contributed by atoms with E-state index in [9.17, 15) is 0 Å². The van der Waals surface area contributed by atoms with E-state index in [1.807, 2.05) is 0 Å². The topological polar surface area (TPSA) is 12.5 Å². The minimum atomic E-state index is 0.551.